The molecule has 2 aromatic rings. The maximum atomic E-state index is 8.60. The maximum Gasteiger partial charge on any atom is 0.237 e. The predicted octanol–water partition coefficient (Wildman–Crippen LogP) is 2.76. The molecule has 0 saturated heterocycles. The van der Waals surface area contributed by atoms with Crippen LogP contribution in [0.5, 0.6) is 11.6 Å². The Morgan fingerprint density at radius 3 is 2.59 bits per heavy atom. The Kier molecular flexibility index (Phi) is 3.01. The summed E-state index contributed by atoms with van der Waals surface area (Å²) in [5, 5.41) is 8.60. The van der Waals surface area contributed by atoms with E-state index in [1.807, 2.05) is 38.1 Å². The van der Waals surface area contributed by atoms with Gasteiger partial charge in [0, 0.05) is 0 Å². The number of aryl methyl sites for hydroxylation is 2. The van der Waals surface area contributed by atoms with Crippen molar-refractivity contribution in [3.05, 3.63) is 47.4 Å². The fraction of sp³-hybridized carbons (Fsp3) is 0.154. The van der Waals surface area contributed by atoms with E-state index in [-0.39, 0.29) is 5.69 Å². The van der Waals surface area contributed by atoms with Crippen molar-refractivity contribution in [2.24, 2.45) is 0 Å². The number of nitriles is 1. The van der Waals surface area contributed by atoms with Gasteiger partial charge in [-0.25, -0.2) is 9.97 Å². The lowest BCUT2D eigenvalue weighted by molar-refractivity contribution is 0.456. The van der Waals surface area contributed by atoms with Crippen molar-refractivity contribution in [3.8, 4) is 17.7 Å². The minimum Gasteiger partial charge on any atom is -0.437 e. The molecule has 4 nitrogen and oxygen atoms in total. The maximum absolute atomic E-state index is 8.60. The lowest BCUT2D eigenvalue weighted by atomic mass is 10.1. The topological polar surface area (TPSA) is 58.8 Å². The lowest BCUT2D eigenvalue weighted by Crippen LogP contribution is -1.93. The van der Waals surface area contributed by atoms with Crippen LogP contribution in [-0.2, 0) is 0 Å². The first-order valence-electron chi connectivity index (χ1n) is 5.16. The van der Waals surface area contributed by atoms with E-state index in [0.29, 0.717) is 5.88 Å². The van der Waals surface area contributed by atoms with Gasteiger partial charge in [-0.1, -0.05) is 17.7 Å². The molecule has 2 rings (SSSR count). The molecule has 4 heteroatoms. The van der Waals surface area contributed by atoms with Gasteiger partial charge in [-0.2, -0.15) is 5.26 Å². The zero-order chi connectivity index (χ0) is 12.3. The van der Waals surface area contributed by atoms with Crippen LogP contribution in [0.1, 0.15) is 16.8 Å². The Morgan fingerprint density at radius 1 is 1.18 bits per heavy atom. The molecule has 0 atom stereocenters. The van der Waals surface area contributed by atoms with Gasteiger partial charge in [0.1, 0.15) is 11.8 Å². The summed E-state index contributed by atoms with van der Waals surface area (Å²) in [6.45, 7) is 4.00. The molecule has 0 aliphatic heterocycles. The SMILES string of the molecule is Cc1ccc(Oc2cnc(C#N)cn2)c(C)c1. The van der Waals surface area contributed by atoms with E-state index in [0.717, 1.165) is 11.3 Å². The largest absolute Gasteiger partial charge is 0.437 e. The van der Waals surface area contributed by atoms with Crippen LogP contribution >= 0.6 is 0 Å². The van der Waals surface area contributed by atoms with E-state index < -0.39 is 0 Å². The smallest absolute Gasteiger partial charge is 0.237 e. The number of ether oxygens (including phenoxy) is 1. The number of rotatable bonds is 2. The number of hydrogen-bond acceptors (Lipinski definition) is 4. The molecule has 1 heterocycles. The van der Waals surface area contributed by atoms with Gasteiger partial charge in [0.15, 0.2) is 5.69 Å². The van der Waals surface area contributed by atoms with Crippen LogP contribution in [-0.4, -0.2) is 9.97 Å². The molecule has 84 valence electrons. The Balaban J connectivity index is 2.23. The molecular weight excluding hydrogens is 214 g/mol. The van der Waals surface area contributed by atoms with Gasteiger partial charge < -0.3 is 4.74 Å². The van der Waals surface area contributed by atoms with Crippen LogP contribution in [0.15, 0.2) is 30.6 Å². The number of aromatic nitrogens is 2. The third kappa shape index (κ3) is 2.58. The fourth-order valence-corrected chi connectivity index (χ4v) is 1.45. The molecule has 0 unspecified atom stereocenters. The zero-order valence-electron chi connectivity index (χ0n) is 9.64. The second kappa shape index (κ2) is 4.62. The second-order valence-corrected chi connectivity index (χ2v) is 3.72. The van der Waals surface area contributed by atoms with Gasteiger partial charge in [-0.05, 0) is 25.5 Å². The van der Waals surface area contributed by atoms with Crippen molar-refractivity contribution in [1.82, 2.24) is 9.97 Å². The van der Waals surface area contributed by atoms with Gasteiger partial charge in [0.2, 0.25) is 5.88 Å². The highest BCUT2D eigenvalue weighted by molar-refractivity contribution is 5.37. The molecule has 0 amide bonds. The molecule has 0 radical (unpaired) electrons. The minimum absolute atomic E-state index is 0.276. The normalized spacial score (nSPS) is 9.71. The van der Waals surface area contributed by atoms with E-state index in [2.05, 4.69) is 9.97 Å². The molecule has 0 spiro atoms. The van der Waals surface area contributed by atoms with Crippen molar-refractivity contribution >= 4 is 0 Å². The third-order valence-electron chi connectivity index (χ3n) is 2.29. The molecule has 17 heavy (non-hydrogen) atoms. The zero-order valence-corrected chi connectivity index (χ0v) is 9.64. The summed E-state index contributed by atoms with van der Waals surface area (Å²) in [5.41, 5.74) is 2.50. The van der Waals surface area contributed by atoms with Crippen LogP contribution < -0.4 is 4.74 Å². The van der Waals surface area contributed by atoms with Crippen molar-refractivity contribution in [2.75, 3.05) is 0 Å². The van der Waals surface area contributed by atoms with Crippen LogP contribution in [0.2, 0.25) is 0 Å². The minimum atomic E-state index is 0.276. The average molecular weight is 225 g/mol. The number of benzene rings is 1. The highest BCUT2D eigenvalue weighted by Gasteiger charge is 2.03. The first-order chi connectivity index (χ1) is 8.19. The van der Waals surface area contributed by atoms with E-state index in [1.54, 1.807) is 0 Å². The first-order valence-corrected chi connectivity index (χ1v) is 5.16. The third-order valence-corrected chi connectivity index (χ3v) is 2.29. The molecule has 0 aliphatic rings. The van der Waals surface area contributed by atoms with Crippen LogP contribution in [0, 0.1) is 25.2 Å². The first kappa shape index (κ1) is 11.1. The summed E-state index contributed by atoms with van der Waals surface area (Å²) in [5.74, 6) is 1.13. The Hall–Kier alpha value is -2.41. The summed E-state index contributed by atoms with van der Waals surface area (Å²) in [6, 6.07) is 7.81. The van der Waals surface area contributed by atoms with Gasteiger partial charge in [0.05, 0.1) is 12.4 Å². The van der Waals surface area contributed by atoms with Gasteiger partial charge in [0.25, 0.3) is 0 Å². The second-order valence-electron chi connectivity index (χ2n) is 3.72. The quantitative estimate of drug-likeness (QED) is 0.788. The average Bonchev–Trinajstić information content (AvgIpc) is 2.34. The summed E-state index contributed by atoms with van der Waals surface area (Å²) in [7, 11) is 0. The van der Waals surface area contributed by atoms with E-state index in [1.165, 1.54) is 18.0 Å². The van der Waals surface area contributed by atoms with Crippen LogP contribution in [0.4, 0.5) is 0 Å². The van der Waals surface area contributed by atoms with Crippen LogP contribution in [0.25, 0.3) is 0 Å². The summed E-state index contributed by atoms with van der Waals surface area (Å²) in [6.07, 6.45) is 2.83. The Morgan fingerprint density at radius 2 is 2.00 bits per heavy atom. The van der Waals surface area contributed by atoms with Gasteiger partial charge >= 0.3 is 0 Å². The fourth-order valence-electron chi connectivity index (χ4n) is 1.45. The molecule has 0 fully saturated rings. The molecule has 0 saturated carbocycles. The molecule has 0 aliphatic carbocycles. The lowest BCUT2D eigenvalue weighted by Gasteiger charge is -2.07. The predicted molar refractivity (Wildman–Crippen MR) is 62.7 cm³/mol. The number of hydrogen-bond donors (Lipinski definition) is 0. The molecule has 1 aromatic heterocycles. The highest BCUT2D eigenvalue weighted by Crippen LogP contribution is 2.23. The highest BCUT2D eigenvalue weighted by atomic mass is 16.5. The summed E-state index contributed by atoms with van der Waals surface area (Å²) < 4.78 is 5.58. The van der Waals surface area contributed by atoms with Gasteiger partial charge in [-0.3, -0.25) is 0 Å². The van der Waals surface area contributed by atoms with Crippen molar-refractivity contribution in [1.29, 1.82) is 5.26 Å². The van der Waals surface area contributed by atoms with E-state index in [9.17, 15) is 0 Å². The van der Waals surface area contributed by atoms with Crippen molar-refractivity contribution < 1.29 is 4.74 Å². The standard InChI is InChI=1S/C13H11N3O/c1-9-3-4-12(10(2)5-9)17-13-8-15-11(6-14)7-16-13/h3-5,7-8H,1-2H3. The molecule has 1 aromatic carbocycles. The van der Waals surface area contributed by atoms with Crippen molar-refractivity contribution in [2.45, 2.75) is 13.8 Å². The van der Waals surface area contributed by atoms with Gasteiger partial charge in [-0.15, -0.1) is 0 Å². The molecule has 0 N–H and O–H groups in total. The summed E-state index contributed by atoms with van der Waals surface area (Å²) in [4.78, 5) is 7.89. The van der Waals surface area contributed by atoms with Crippen molar-refractivity contribution in [3.63, 3.8) is 0 Å². The Bertz CT molecular complexity index is 570. The van der Waals surface area contributed by atoms with E-state index >= 15 is 0 Å². The summed E-state index contributed by atoms with van der Waals surface area (Å²) >= 11 is 0. The Labute approximate surface area is 99.5 Å². The number of nitrogens with zero attached hydrogens (tertiary/aromatic N) is 3. The molecular formula is C13H11N3O. The molecule has 0 bridgehead atoms. The monoisotopic (exact) mass is 225 g/mol. The van der Waals surface area contributed by atoms with E-state index in [4.69, 9.17) is 10.00 Å². The van der Waals surface area contributed by atoms with Crippen LogP contribution in [0.3, 0.4) is 0 Å².